The van der Waals surface area contributed by atoms with Crippen molar-refractivity contribution in [3.63, 3.8) is 0 Å². The van der Waals surface area contributed by atoms with Crippen molar-refractivity contribution in [2.75, 3.05) is 13.1 Å². The lowest BCUT2D eigenvalue weighted by Gasteiger charge is -2.26. The summed E-state index contributed by atoms with van der Waals surface area (Å²) in [5, 5.41) is 8.46. The summed E-state index contributed by atoms with van der Waals surface area (Å²) in [4.78, 5) is 28.6. The summed E-state index contributed by atoms with van der Waals surface area (Å²) in [5.41, 5.74) is 8.26. The standard InChI is InChI=1S/C28H25N9/c1-2-7-37(8-3-1)17-18-9-20(13-30-11-18)21-10-22-26(35-36-27(22)32-14-21)28-33-24-16-31-15-23(25(24)34-28)19-5-4-6-29-12-19/h4-6,9-16H,1-3,7-8,17H2,(H,33,34)(H,32,35,36). The highest BCUT2D eigenvalue weighted by Crippen LogP contribution is 2.32. The first-order valence-corrected chi connectivity index (χ1v) is 12.6. The van der Waals surface area contributed by atoms with Crippen LogP contribution in [0.3, 0.4) is 0 Å². The van der Waals surface area contributed by atoms with E-state index in [4.69, 9.17) is 4.98 Å². The van der Waals surface area contributed by atoms with Crippen molar-refractivity contribution in [1.29, 1.82) is 0 Å². The highest BCUT2D eigenvalue weighted by atomic mass is 15.2. The lowest BCUT2D eigenvalue weighted by atomic mass is 10.1. The lowest BCUT2D eigenvalue weighted by molar-refractivity contribution is 0.220. The van der Waals surface area contributed by atoms with Gasteiger partial charge in [0.1, 0.15) is 11.2 Å². The summed E-state index contributed by atoms with van der Waals surface area (Å²) in [7, 11) is 0. The van der Waals surface area contributed by atoms with E-state index in [0.29, 0.717) is 11.5 Å². The smallest absolute Gasteiger partial charge is 0.181 e. The molecule has 9 heteroatoms. The third-order valence-electron chi connectivity index (χ3n) is 7.00. The summed E-state index contributed by atoms with van der Waals surface area (Å²) in [6.45, 7) is 3.25. The van der Waals surface area contributed by atoms with Crippen LogP contribution in [0.4, 0.5) is 0 Å². The van der Waals surface area contributed by atoms with Crippen LogP contribution in [0.25, 0.3) is 55.8 Å². The zero-order valence-corrected chi connectivity index (χ0v) is 20.2. The van der Waals surface area contributed by atoms with Gasteiger partial charge in [-0.3, -0.25) is 25.0 Å². The number of imidazole rings is 1. The molecule has 1 saturated heterocycles. The molecule has 0 saturated carbocycles. The number of fused-ring (bicyclic) bond motifs is 2. The third-order valence-corrected chi connectivity index (χ3v) is 7.00. The van der Waals surface area contributed by atoms with Crippen molar-refractivity contribution < 1.29 is 0 Å². The molecule has 0 amide bonds. The molecule has 0 aromatic carbocycles. The van der Waals surface area contributed by atoms with Crippen molar-refractivity contribution >= 4 is 22.1 Å². The molecule has 7 heterocycles. The molecular weight excluding hydrogens is 462 g/mol. The molecule has 6 aromatic rings. The number of hydrogen-bond acceptors (Lipinski definition) is 7. The first-order valence-electron chi connectivity index (χ1n) is 12.6. The van der Waals surface area contributed by atoms with E-state index in [0.717, 1.165) is 64.0 Å². The molecule has 1 aliphatic heterocycles. The van der Waals surface area contributed by atoms with Gasteiger partial charge < -0.3 is 4.98 Å². The van der Waals surface area contributed by atoms with Crippen LogP contribution < -0.4 is 0 Å². The Morgan fingerprint density at radius 1 is 0.838 bits per heavy atom. The number of hydrogen-bond donors (Lipinski definition) is 2. The average Bonchev–Trinajstić information content (AvgIpc) is 3.58. The van der Waals surface area contributed by atoms with Gasteiger partial charge in [-0.15, -0.1) is 0 Å². The number of nitrogens with zero attached hydrogens (tertiary/aromatic N) is 7. The first-order chi connectivity index (χ1) is 18.3. The van der Waals surface area contributed by atoms with Gasteiger partial charge in [0.15, 0.2) is 11.5 Å². The fraction of sp³-hybridized carbons (Fsp3) is 0.214. The van der Waals surface area contributed by atoms with Crippen molar-refractivity contribution in [2.24, 2.45) is 0 Å². The molecule has 6 aromatic heterocycles. The highest BCUT2D eigenvalue weighted by molar-refractivity contribution is 5.96. The molecule has 0 spiro atoms. The molecule has 1 aliphatic rings. The van der Waals surface area contributed by atoms with Crippen LogP contribution in [0.5, 0.6) is 0 Å². The molecule has 1 fully saturated rings. The molecule has 0 radical (unpaired) electrons. The molecule has 7 rings (SSSR count). The summed E-state index contributed by atoms with van der Waals surface area (Å²) in [5.74, 6) is 0.687. The maximum atomic E-state index is 4.92. The Kier molecular flexibility index (Phi) is 5.40. The molecule has 37 heavy (non-hydrogen) atoms. The number of aromatic nitrogens is 8. The van der Waals surface area contributed by atoms with Gasteiger partial charge in [-0.1, -0.05) is 12.5 Å². The minimum atomic E-state index is 0.641. The Morgan fingerprint density at radius 2 is 1.70 bits per heavy atom. The van der Waals surface area contributed by atoms with Crippen LogP contribution >= 0.6 is 0 Å². The topological polar surface area (TPSA) is 112 Å². The van der Waals surface area contributed by atoms with Gasteiger partial charge in [0.05, 0.1) is 17.1 Å². The normalized spacial score (nSPS) is 14.5. The van der Waals surface area contributed by atoms with Crippen LogP contribution in [0.15, 0.2) is 67.6 Å². The lowest BCUT2D eigenvalue weighted by Crippen LogP contribution is -2.29. The van der Waals surface area contributed by atoms with Gasteiger partial charge in [0, 0.05) is 66.0 Å². The highest BCUT2D eigenvalue weighted by Gasteiger charge is 2.17. The van der Waals surface area contributed by atoms with Crippen molar-refractivity contribution in [3.8, 4) is 33.8 Å². The minimum Gasteiger partial charge on any atom is -0.335 e. The van der Waals surface area contributed by atoms with Gasteiger partial charge in [-0.2, -0.15) is 5.10 Å². The summed E-state index contributed by atoms with van der Waals surface area (Å²) < 4.78 is 0. The van der Waals surface area contributed by atoms with Crippen LogP contribution in [0.1, 0.15) is 24.8 Å². The Hall–Kier alpha value is -4.50. The molecule has 2 N–H and O–H groups in total. The van der Waals surface area contributed by atoms with Gasteiger partial charge in [-0.05, 0) is 49.7 Å². The van der Waals surface area contributed by atoms with E-state index < -0.39 is 0 Å². The number of piperidine rings is 1. The number of pyridine rings is 4. The van der Waals surface area contributed by atoms with Gasteiger partial charge in [0.2, 0.25) is 0 Å². The van der Waals surface area contributed by atoms with E-state index in [2.05, 4.69) is 52.1 Å². The monoisotopic (exact) mass is 487 g/mol. The zero-order chi connectivity index (χ0) is 24.6. The van der Waals surface area contributed by atoms with Crippen LogP contribution in [0.2, 0.25) is 0 Å². The van der Waals surface area contributed by atoms with Crippen LogP contribution in [0, 0.1) is 0 Å². The maximum Gasteiger partial charge on any atom is 0.181 e. The van der Waals surface area contributed by atoms with E-state index in [1.54, 1.807) is 12.4 Å². The first kappa shape index (κ1) is 21.8. The molecule has 9 nitrogen and oxygen atoms in total. The fourth-order valence-corrected chi connectivity index (χ4v) is 5.13. The Bertz CT molecular complexity index is 1700. The summed E-state index contributed by atoms with van der Waals surface area (Å²) in [6, 6.07) is 8.24. The predicted molar refractivity (Wildman–Crippen MR) is 142 cm³/mol. The number of likely N-dealkylation sites (tertiary alicyclic amines) is 1. The second-order valence-corrected chi connectivity index (χ2v) is 9.52. The fourth-order valence-electron chi connectivity index (χ4n) is 5.13. The van der Waals surface area contributed by atoms with Crippen LogP contribution in [-0.4, -0.2) is 58.1 Å². The van der Waals surface area contributed by atoms with Gasteiger partial charge >= 0.3 is 0 Å². The summed E-state index contributed by atoms with van der Waals surface area (Å²) in [6.07, 6.45) is 16.8. The number of aromatic amines is 2. The van der Waals surface area contributed by atoms with Crippen molar-refractivity contribution in [3.05, 3.63) is 73.2 Å². The van der Waals surface area contributed by atoms with Crippen molar-refractivity contribution in [1.82, 2.24) is 45.0 Å². The number of H-pyrrole nitrogens is 2. The number of rotatable bonds is 5. The SMILES string of the molecule is c1cncc(-c2cncc3[nH]c(-c4[nH]nc5ncc(-c6cncc(CN7CCCCC7)c6)cc45)nc23)c1. The molecule has 0 atom stereocenters. The Balaban J connectivity index is 1.26. The minimum absolute atomic E-state index is 0.641. The second kappa shape index (κ2) is 9.18. The largest absolute Gasteiger partial charge is 0.335 e. The molecule has 0 unspecified atom stereocenters. The van der Waals surface area contributed by atoms with E-state index in [1.165, 1.54) is 24.8 Å². The third kappa shape index (κ3) is 4.13. The van der Waals surface area contributed by atoms with E-state index in [9.17, 15) is 0 Å². The molecule has 182 valence electrons. The quantitative estimate of drug-likeness (QED) is 0.352. The second-order valence-electron chi connectivity index (χ2n) is 9.52. The maximum absolute atomic E-state index is 4.92. The molecular formula is C28H25N9. The average molecular weight is 488 g/mol. The van der Waals surface area contributed by atoms with E-state index in [-0.39, 0.29) is 0 Å². The molecule has 0 bridgehead atoms. The van der Waals surface area contributed by atoms with Gasteiger partial charge in [0.25, 0.3) is 0 Å². The zero-order valence-electron chi connectivity index (χ0n) is 20.2. The van der Waals surface area contributed by atoms with E-state index in [1.807, 2.05) is 43.1 Å². The van der Waals surface area contributed by atoms with E-state index >= 15 is 0 Å². The molecule has 0 aliphatic carbocycles. The number of nitrogens with one attached hydrogen (secondary N) is 2. The predicted octanol–water partition coefficient (Wildman–Crippen LogP) is 5.01. The summed E-state index contributed by atoms with van der Waals surface area (Å²) >= 11 is 0. The van der Waals surface area contributed by atoms with Crippen molar-refractivity contribution in [2.45, 2.75) is 25.8 Å². The van der Waals surface area contributed by atoms with Gasteiger partial charge in [-0.25, -0.2) is 9.97 Å². The van der Waals surface area contributed by atoms with Crippen LogP contribution in [-0.2, 0) is 6.54 Å². The Labute approximate surface area is 213 Å². The Morgan fingerprint density at radius 3 is 2.59 bits per heavy atom.